The maximum atomic E-state index is 11.9. The normalized spacial score (nSPS) is 15.6. The van der Waals surface area contributed by atoms with Gasteiger partial charge in [0.05, 0.1) is 11.1 Å². The van der Waals surface area contributed by atoms with Gasteiger partial charge in [-0.15, -0.1) is 0 Å². The summed E-state index contributed by atoms with van der Waals surface area (Å²) in [4.78, 5) is 16.6. The minimum atomic E-state index is -0.132. The summed E-state index contributed by atoms with van der Waals surface area (Å²) in [5.41, 5.74) is 2.00. The second-order valence-corrected chi connectivity index (χ2v) is 6.72. The fraction of sp³-hybridized carbons (Fsp3) is 0.263. The quantitative estimate of drug-likeness (QED) is 0.785. The van der Waals surface area contributed by atoms with Gasteiger partial charge < -0.3 is 4.90 Å². The van der Waals surface area contributed by atoms with Gasteiger partial charge in [-0.1, -0.05) is 29.8 Å². The van der Waals surface area contributed by atoms with Crippen LogP contribution in [-0.4, -0.2) is 41.3 Å². The monoisotopic (exact) mass is 354 g/mol. The van der Waals surface area contributed by atoms with Crippen molar-refractivity contribution in [1.82, 2.24) is 15.1 Å². The average Bonchev–Trinajstić information content (AvgIpc) is 2.66. The molecule has 0 aliphatic carbocycles. The van der Waals surface area contributed by atoms with Crippen molar-refractivity contribution in [2.75, 3.05) is 31.1 Å². The number of fused-ring (bicyclic) bond motifs is 1. The molecule has 3 aromatic rings. The van der Waals surface area contributed by atoms with Crippen molar-refractivity contribution in [2.45, 2.75) is 6.54 Å². The molecule has 0 amide bonds. The Balaban J connectivity index is 1.46. The minimum Gasteiger partial charge on any atom is -0.369 e. The van der Waals surface area contributed by atoms with Crippen LogP contribution >= 0.6 is 11.6 Å². The van der Waals surface area contributed by atoms with Crippen molar-refractivity contribution in [2.24, 2.45) is 0 Å². The van der Waals surface area contributed by atoms with Crippen molar-refractivity contribution in [3.8, 4) is 0 Å². The number of nitrogens with zero attached hydrogens (tertiary/aromatic N) is 3. The topological polar surface area (TPSA) is 52.2 Å². The van der Waals surface area contributed by atoms with Crippen LogP contribution in [0.2, 0.25) is 5.02 Å². The molecule has 1 N–H and O–H groups in total. The van der Waals surface area contributed by atoms with Gasteiger partial charge in [0.25, 0.3) is 5.56 Å². The number of nitrogens with one attached hydrogen (secondary N) is 1. The van der Waals surface area contributed by atoms with Crippen LogP contribution in [0.4, 0.5) is 5.69 Å². The molecule has 25 heavy (non-hydrogen) atoms. The molecule has 4 rings (SSSR count). The smallest absolute Gasteiger partial charge is 0.272 e. The molecular weight excluding hydrogens is 336 g/mol. The highest BCUT2D eigenvalue weighted by atomic mass is 35.5. The lowest BCUT2D eigenvalue weighted by molar-refractivity contribution is 0.247. The van der Waals surface area contributed by atoms with E-state index in [1.165, 1.54) is 5.69 Å². The molecule has 1 aliphatic heterocycles. The summed E-state index contributed by atoms with van der Waals surface area (Å²) in [7, 11) is 0. The molecule has 1 aliphatic rings. The third-order valence-electron chi connectivity index (χ3n) is 4.71. The van der Waals surface area contributed by atoms with Crippen LogP contribution < -0.4 is 10.5 Å². The van der Waals surface area contributed by atoms with Gasteiger partial charge in [0.15, 0.2) is 0 Å². The summed E-state index contributed by atoms with van der Waals surface area (Å²) in [5.74, 6) is 0. The Bertz CT molecular complexity index is 930. The Kier molecular flexibility index (Phi) is 4.42. The van der Waals surface area contributed by atoms with Gasteiger partial charge in [-0.05, 0) is 30.3 Å². The van der Waals surface area contributed by atoms with E-state index in [0.717, 1.165) is 48.8 Å². The number of hydrogen-bond acceptors (Lipinski definition) is 4. The van der Waals surface area contributed by atoms with E-state index in [1.807, 2.05) is 36.4 Å². The zero-order valence-electron chi connectivity index (χ0n) is 13.8. The number of aromatic nitrogens is 2. The van der Waals surface area contributed by atoms with Crippen molar-refractivity contribution in [1.29, 1.82) is 0 Å². The van der Waals surface area contributed by atoms with Gasteiger partial charge in [-0.3, -0.25) is 9.69 Å². The predicted molar refractivity (Wildman–Crippen MR) is 101 cm³/mol. The summed E-state index contributed by atoms with van der Waals surface area (Å²) >= 11 is 5.96. The highest BCUT2D eigenvalue weighted by Crippen LogP contribution is 2.20. The number of hydrogen-bond donors (Lipinski definition) is 1. The van der Waals surface area contributed by atoms with Crippen LogP contribution in [-0.2, 0) is 6.54 Å². The molecule has 1 fully saturated rings. The van der Waals surface area contributed by atoms with E-state index in [4.69, 9.17) is 11.6 Å². The Labute approximate surface area is 150 Å². The number of benzene rings is 2. The Morgan fingerprint density at radius 1 is 0.960 bits per heavy atom. The number of H-pyrrole nitrogens is 1. The highest BCUT2D eigenvalue weighted by molar-refractivity contribution is 6.30. The minimum absolute atomic E-state index is 0.132. The molecule has 128 valence electrons. The SMILES string of the molecule is O=c1[nH]nc(CN2CCN(c3ccc(Cl)cc3)CC2)c2ccccc12. The second kappa shape index (κ2) is 6.86. The molecule has 1 saturated heterocycles. The van der Waals surface area contributed by atoms with Crippen LogP contribution in [0.5, 0.6) is 0 Å². The lowest BCUT2D eigenvalue weighted by Crippen LogP contribution is -2.46. The summed E-state index contributed by atoms with van der Waals surface area (Å²) < 4.78 is 0. The van der Waals surface area contributed by atoms with Crippen LogP contribution in [0.1, 0.15) is 5.69 Å². The molecule has 0 saturated carbocycles. The van der Waals surface area contributed by atoms with Gasteiger partial charge in [0.2, 0.25) is 0 Å². The molecule has 5 nitrogen and oxygen atoms in total. The van der Waals surface area contributed by atoms with E-state index in [9.17, 15) is 4.79 Å². The molecule has 6 heteroatoms. The molecule has 0 bridgehead atoms. The molecular formula is C19H19ClN4O. The third-order valence-corrected chi connectivity index (χ3v) is 4.96. The largest absolute Gasteiger partial charge is 0.369 e. The van der Waals surface area contributed by atoms with E-state index in [0.29, 0.717) is 5.39 Å². The molecule has 0 unspecified atom stereocenters. The zero-order valence-corrected chi connectivity index (χ0v) is 14.5. The molecule has 1 aromatic heterocycles. The zero-order chi connectivity index (χ0) is 17.2. The van der Waals surface area contributed by atoms with E-state index in [2.05, 4.69) is 32.1 Å². The summed E-state index contributed by atoms with van der Waals surface area (Å²) in [6, 6.07) is 15.6. The second-order valence-electron chi connectivity index (χ2n) is 6.28. The van der Waals surface area contributed by atoms with Crippen LogP contribution in [0.25, 0.3) is 10.8 Å². The van der Waals surface area contributed by atoms with Crippen LogP contribution in [0.3, 0.4) is 0 Å². The van der Waals surface area contributed by atoms with Gasteiger partial charge in [-0.25, -0.2) is 5.10 Å². The standard InChI is InChI=1S/C19H19ClN4O/c20-14-5-7-15(8-6-14)24-11-9-23(10-12-24)13-18-16-3-1-2-4-17(16)19(25)22-21-18/h1-8H,9-13H2,(H,22,25). The first-order chi connectivity index (χ1) is 12.2. The van der Waals surface area contributed by atoms with Gasteiger partial charge in [0.1, 0.15) is 0 Å². The summed E-state index contributed by atoms with van der Waals surface area (Å²) in [5, 5.41) is 9.30. The van der Waals surface area contributed by atoms with E-state index < -0.39 is 0 Å². The first kappa shape index (κ1) is 16.1. The first-order valence-corrected chi connectivity index (χ1v) is 8.78. The van der Waals surface area contributed by atoms with Gasteiger partial charge in [0, 0.05) is 48.8 Å². The van der Waals surface area contributed by atoms with E-state index in [1.54, 1.807) is 0 Å². The number of rotatable bonds is 3. The number of anilines is 1. The molecule has 2 aromatic carbocycles. The van der Waals surface area contributed by atoms with E-state index >= 15 is 0 Å². The lowest BCUT2D eigenvalue weighted by Gasteiger charge is -2.36. The van der Waals surface area contributed by atoms with Crippen LogP contribution in [0.15, 0.2) is 53.3 Å². The van der Waals surface area contributed by atoms with Crippen molar-refractivity contribution >= 4 is 28.1 Å². The first-order valence-electron chi connectivity index (χ1n) is 8.40. The van der Waals surface area contributed by atoms with Gasteiger partial charge in [-0.2, -0.15) is 5.10 Å². The Morgan fingerprint density at radius 3 is 2.36 bits per heavy atom. The summed E-state index contributed by atoms with van der Waals surface area (Å²) in [6.45, 7) is 4.58. The molecule has 2 heterocycles. The van der Waals surface area contributed by atoms with Crippen molar-refractivity contribution in [3.63, 3.8) is 0 Å². The van der Waals surface area contributed by atoms with Crippen molar-refractivity contribution < 1.29 is 0 Å². The highest BCUT2D eigenvalue weighted by Gasteiger charge is 2.19. The maximum absolute atomic E-state index is 11.9. The predicted octanol–water partition coefficient (Wildman–Crippen LogP) is 2.90. The molecule has 0 spiro atoms. The summed E-state index contributed by atoms with van der Waals surface area (Å²) in [6.07, 6.45) is 0. The number of aromatic amines is 1. The molecule has 0 atom stereocenters. The Morgan fingerprint density at radius 2 is 1.64 bits per heavy atom. The maximum Gasteiger partial charge on any atom is 0.272 e. The number of halogens is 1. The van der Waals surface area contributed by atoms with E-state index in [-0.39, 0.29) is 5.56 Å². The van der Waals surface area contributed by atoms with Gasteiger partial charge >= 0.3 is 0 Å². The van der Waals surface area contributed by atoms with Crippen LogP contribution in [0, 0.1) is 0 Å². The Hall–Kier alpha value is -2.37. The third kappa shape index (κ3) is 3.38. The average molecular weight is 355 g/mol. The fourth-order valence-corrected chi connectivity index (χ4v) is 3.45. The van der Waals surface area contributed by atoms with Crippen molar-refractivity contribution in [3.05, 3.63) is 69.6 Å². The fourth-order valence-electron chi connectivity index (χ4n) is 3.32. The number of piperazine rings is 1. The lowest BCUT2D eigenvalue weighted by atomic mass is 10.1. The molecule has 0 radical (unpaired) electrons.